The molecule has 4 nitrogen and oxygen atoms in total. The SMILES string of the molecule is CC(c1ccc(-c2nc(-c3ccccc3)nc(-c3ccccc3)n2)cc1)(c1ccc(N(c2ccccc2)c2ccccc2)cc1)C(F)(F)F. The lowest BCUT2D eigenvalue weighted by Gasteiger charge is -2.34. The van der Waals surface area contributed by atoms with Gasteiger partial charge in [-0.3, -0.25) is 0 Å². The Morgan fingerprint density at radius 2 is 0.694 bits per heavy atom. The smallest absolute Gasteiger partial charge is 0.311 e. The number of alkyl halides is 3. The minimum absolute atomic E-state index is 0.111. The Bertz CT molecular complexity index is 2040. The molecule has 1 heterocycles. The molecule has 0 bridgehead atoms. The second-order valence-corrected chi connectivity index (χ2v) is 11.8. The number of nitrogens with zero attached hydrogens (tertiary/aromatic N) is 4. The molecule has 7 heteroatoms. The molecule has 0 aliphatic heterocycles. The van der Waals surface area contributed by atoms with Crippen LogP contribution in [0.4, 0.5) is 30.2 Å². The van der Waals surface area contributed by atoms with E-state index in [2.05, 4.69) is 0 Å². The number of hydrogen-bond donors (Lipinski definition) is 0. The van der Waals surface area contributed by atoms with Gasteiger partial charge in [0.15, 0.2) is 17.5 Å². The van der Waals surface area contributed by atoms with E-state index in [1.807, 2.05) is 126 Å². The monoisotopic (exact) mass is 648 g/mol. The molecule has 240 valence electrons. The van der Waals surface area contributed by atoms with Crippen LogP contribution in [-0.4, -0.2) is 21.1 Å². The van der Waals surface area contributed by atoms with Crippen molar-refractivity contribution < 1.29 is 13.2 Å². The molecule has 0 saturated carbocycles. The van der Waals surface area contributed by atoms with E-state index < -0.39 is 11.6 Å². The minimum Gasteiger partial charge on any atom is -0.311 e. The summed E-state index contributed by atoms with van der Waals surface area (Å²) in [7, 11) is 0. The van der Waals surface area contributed by atoms with Crippen molar-refractivity contribution in [3.63, 3.8) is 0 Å². The van der Waals surface area contributed by atoms with E-state index in [0.717, 1.165) is 28.2 Å². The second-order valence-electron chi connectivity index (χ2n) is 11.8. The summed E-state index contributed by atoms with van der Waals surface area (Å²) in [5, 5.41) is 0. The largest absolute Gasteiger partial charge is 0.402 e. The van der Waals surface area contributed by atoms with Crippen molar-refractivity contribution in [1.82, 2.24) is 15.0 Å². The Morgan fingerprint density at radius 3 is 1.06 bits per heavy atom. The predicted octanol–water partition coefficient (Wildman–Crippen LogP) is 11.2. The van der Waals surface area contributed by atoms with Crippen molar-refractivity contribution in [3.8, 4) is 34.2 Å². The van der Waals surface area contributed by atoms with Gasteiger partial charge in [-0.25, -0.2) is 15.0 Å². The Hall–Kier alpha value is -6.08. The lowest BCUT2D eigenvalue weighted by atomic mass is 9.75. The van der Waals surface area contributed by atoms with Gasteiger partial charge in [-0.1, -0.05) is 133 Å². The number of aromatic nitrogens is 3. The van der Waals surface area contributed by atoms with E-state index in [0.29, 0.717) is 23.0 Å². The fraction of sp³-hybridized carbons (Fsp3) is 0.0714. The molecule has 1 atom stereocenters. The summed E-state index contributed by atoms with van der Waals surface area (Å²) in [6.07, 6.45) is -4.58. The molecule has 0 N–H and O–H groups in total. The molecule has 1 unspecified atom stereocenters. The molecule has 0 fully saturated rings. The third-order valence-electron chi connectivity index (χ3n) is 8.72. The molecule has 0 spiro atoms. The molecule has 0 saturated heterocycles. The summed E-state index contributed by atoms with van der Waals surface area (Å²) in [4.78, 5) is 16.2. The molecule has 49 heavy (non-hydrogen) atoms. The van der Waals surface area contributed by atoms with E-state index in [4.69, 9.17) is 15.0 Å². The van der Waals surface area contributed by atoms with Crippen LogP contribution < -0.4 is 4.90 Å². The van der Waals surface area contributed by atoms with Crippen molar-refractivity contribution in [3.05, 3.63) is 181 Å². The Labute approximate surface area is 283 Å². The van der Waals surface area contributed by atoms with Crippen molar-refractivity contribution in [2.45, 2.75) is 18.5 Å². The van der Waals surface area contributed by atoms with Crippen LogP contribution in [0.3, 0.4) is 0 Å². The highest BCUT2D eigenvalue weighted by molar-refractivity contribution is 5.76. The standard InChI is InChI=1S/C42H31F3N4/c1-41(42(43,44)45,34-26-28-37(29-27-34)49(35-18-10-4-11-19-35)36-20-12-5-13-21-36)33-24-22-32(23-25-33)40-47-38(30-14-6-2-7-15-30)46-39(48-40)31-16-8-3-9-17-31/h2-29H,1H3. The van der Waals surface area contributed by atoms with Gasteiger partial charge in [0, 0.05) is 33.8 Å². The van der Waals surface area contributed by atoms with Crippen LogP contribution in [-0.2, 0) is 5.41 Å². The third-order valence-corrected chi connectivity index (χ3v) is 8.72. The number of rotatable bonds is 8. The fourth-order valence-corrected chi connectivity index (χ4v) is 5.93. The zero-order chi connectivity index (χ0) is 33.8. The van der Waals surface area contributed by atoms with E-state index in [-0.39, 0.29) is 11.1 Å². The van der Waals surface area contributed by atoms with Gasteiger partial charge in [-0.05, 0) is 54.4 Å². The van der Waals surface area contributed by atoms with Gasteiger partial charge < -0.3 is 4.90 Å². The zero-order valence-electron chi connectivity index (χ0n) is 26.6. The quantitative estimate of drug-likeness (QED) is 0.164. The lowest BCUT2D eigenvalue weighted by Crippen LogP contribution is -2.40. The molecular weight excluding hydrogens is 617 g/mol. The Kier molecular flexibility index (Phi) is 8.49. The van der Waals surface area contributed by atoms with E-state index in [1.54, 1.807) is 36.4 Å². The molecule has 0 amide bonds. The summed E-state index contributed by atoms with van der Waals surface area (Å²) in [5.41, 5.74) is 2.73. The van der Waals surface area contributed by atoms with Crippen LogP contribution in [0.15, 0.2) is 170 Å². The fourth-order valence-electron chi connectivity index (χ4n) is 5.93. The van der Waals surface area contributed by atoms with E-state index in [9.17, 15) is 0 Å². The van der Waals surface area contributed by atoms with Gasteiger partial charge in [-0.15, -0.1) is 0 Å². The Balaban J connectivity index is 1.26. The number of hydrogen-bond acceptors (Lipinski definition) is 4. The number of halogens is 3. The van der Waals surface area contributed by atoms with Gasteiger partial charge in [0.05, 0.1) is 0 Å². The normalized spacial score (nSPS) is 12.7. The molecular formula is C42H31F3N4. The maximum Gasteiger partial charge on any atom is 0.402 e. The summed E-state index contributed by atoms with van der Waals surface area (Å²) in [5.74, 6) is 1.34. The van der Waals surface area contributed by atoms with Crippen LogP contribution in [0.5, 0.6) is 0 Å². The highest BCUT2D eigenvalue weighted by atomic mass is 19.4. The van der Waals surface area contributed by atoms with Crippen LogP contribution in [0.1, 0.15) is 18.1 Å². The lowest BCUT2D eigenvalue weighted by molar-refractivity contribution is -0.173. The van der Waals surface area contributed by atoms with Crippen molar-refractivity contribution >= 4 is 17.1 Å². The predicted molar refractivity (Wildman–Crippen MR) is 190 cm³/mol. The van der Waals surface area contributed by atoms with Crippen LogP contribution in [0.2, 0.25) is 0 Å². The zero-order valence-corrected chi connectivity index (χ0v) is 26.6. The van der Waals surface area contributed by atoms with Crippen LogP contribution >= 0.6 is 0 Å². The number of benzene rings is 6. The van der Waals surface area contributed by atoms with Crippen molar-refractivity contribution in [2.24, 2.45) is 0 Å². The molecule has 0 aliphatic rings. The van der Waals surface area contributed by atoms with Crippen LogP contribution in [0, 0.1) is 0 Å². The third kappa shape index (κ3) is 6.31. The topological polar surface area (TPSA) is 41.9 Å². The van der Waals surface area contributed by atoms with Gasteiger partial charge in [0.2, 0.25) is 0 Å². The number of para-hydroxylation sites is 2. The first-order chi connectivity index (χ1) is 23.8. The molecule has 7 rings (SSSR count). The van der Waals surface area contributed by atoms with Gasteiger partial charge in [0.25, 0.3) is 0 Å². The molecule has 7 aromatic rings. The molecule has 6 aromatic carbocycles. The van der Waals surface area contributed by atoms with Gasteiger partial charge >= 0.3 is 6.18 Å². The summed E-state index contributed by atoms with van der Waals surface area (Å²) < 4.78 is 45.4. The first-order valence-electron chi connectivity index (χ1n) is 15.9. The van der Waals surface area contributed by atoms with E-state index in [1.165, 1.54) is 19.1 Å². The maximum absolute atomic E-state index is 15.1. The van der Waals surface area contributed by atoms with Crippen molar-refractivity contribution in [1.29, 1.82) is 0 Å². The number of anilines is 3. The highest BCUT2D eigenvalue weighted by Crippen LogP contribution is 2.47. The maximum atomic E-state index is 15.1. The molecule has 0 radical (unpaired) electrons. The molecule has 1 aromatic heterocycles. The average Bonchev–Trinajstić information content (AvgIpc) is 3.16. The van der Waals surface area contributed by atoms with Gasteiger partial charge in [0.1, 0.15) is 5.41 Å². The summed E-state index contributed by atoms with van der Waals surface area (Å²) in [6, 6.07) is 51.6. The second kappa shape index (κ2) is 13.2. The summed E-state index contributed by atoms with van der Waals surface area (Å²) >= 11 is 0. The van der Waals surface area contributed by atoms with E-state index >= 15 is 13.2 Å². The highest BCUT2D eigenvalue weighted by Gasteiger charge is 2.53. The summed E-state index contributed by atoms with van der Waals surface area (Å²) in [6.45, 7) is 1.23. The van der Waals surface area contributed by atoms with Crippen LogP contribution in [0.25, 0.3) is 34.2 Å². The Morgan fingerprint density at radius 1 is 0.388 bits per heavy atom. The molecule has 0 aliphatic carbocycles. The first kappa shape index (κ1) is 31.5. The minimum atomic E-state index is -4.58. The first-order valence-corrected chi connectivity index (χ1v) is 15.9. The van der Waals surface area contributed by atoms with Gasteiger partial charge in [-0.2, -0.15) is 13.2 Å². The van der Waals surface area contributed by atoms with Crippen molar-refractivity contribution in [2.75, 3.05) is 4.90 Å². The average molecular weight is 649 g/mol.